The molecule has 14 heavy (non-hydrogen) atoms. The number of carbonyl (C=O) groups is 1. The topological polar surface area (TPSA) is 83.5 Å². The van der Waals surface area contributed by atoms with E-state index in [0.717, 1.165) is 11.0 Å². The summed E-state index contributed by atoms with van der Waals surface area (Å²) in [6.45, 7) is 0. The van der Waals surface area contributed by atoms with Crippen LogP contribution in [0.4, 0.5) is 0 Å². The van der Waals surface area contributed by atoms with Crippen LogP contribution in [0.1, 0.15) is 5.56 Å². The van der Waals surface area contributed by atoms with Crippen LogP contribution in [0.5, 0.6) is 0 Å². The molecule has 0 bridgehead atoms. The predicted molar refractivity (Wildman–Crippen MR) is 54.8 cm³/mol. The summed E-state index contributed by atoms with van der Waals surface area (Å²) in [6.07, 6.45) is 0.307. The van der Waals surface area contributed by atoms with Gasteiger partial charge in [-0.05, 0) is 12.0 Å². The molecule has 0 fully saturated rings. The van der Waals surface area contributed by atoms with Gasteiger partial charge in [0.2, 0.25) is 0 Å². The molecule has 4 nitrogen and oxygen atoms in total. The highest BCUT2D eigenvalue weighted by molar-refractivity contribution is 6.45. The van der Waals surface area contributed by atoms with E-state index in [9.17, 15) is 4.79 Å². The molecule has 0 aliphatic rings. The minimum Gasteiger partial charge on any atom is -0.480 e. The summed E-state index contributed by atoms with van der Waals surface area (Å²) < 4.78 is 0. The van der Waals surface area contributed by atoms with Gasteiger partial charge in [-0.25, -0.2) is 0 Å². The van der Waals surface area contributed by atoms with Gasteiger partial charge in [0.25, 0.3) is 0 Å². The molecule has 4 N–H and O–H groups in total. The van der Waals surface area contributed by atoms with Crippen LogP contribution in [-0.4, -0.2) is 29.6 Å². The van der Waals surface area contributed by atoms with Gasteiger partial charge in [0.1, 0.15) is 6.04 Å². The summed E-state index contributed by atoms with van der Waals surface area (Å²) >= 11 is 0. The second-order valence-corrected chi connectivity index (χ2v) is 3.12. The summed E-state index contributed by atoms with van der Waals surface area (Å²) in [5, 5.41) is 17.4. The van der Waals surface area contributed by atoms with Crippen molar-refractivity contribution < 1.29 is 14.9 Å². The van der Waals surface area contributed by atoms with Crippen LogP contribution < -0.4 is 11.2 Å². The summed E-state index contributed by atoms with van der Waals surface area (Å²) in [7, 11) is -0.00867. The molecular formula is C9H12BNO3. The van der Waals surface area contributed by atoms with Crippen LogP contribution in [0.2, 0.25) is 0 Å². The van der Waals surface area contributed by atoms with E-state index in [4.69, 9.17) is 15.9 Å². The van der Waals surface area contributed by atoms with Crippen molar-refractivity contribution in [3.63, 3.8) is 0 Å². The van der Waals surface area contributed by atoms with E-state index in [1.807, 2.05) is 0 Å². The highest BCUT2D eigenvalue weighted by Gasteiger charge is 2.11. The van der Waals surface area contributed by atoms with Gasteiger partial charge >= 0.3 is 13.5 Å². The Morgan fingerprint density at radius 1 is 1.43 bits per heavy atom. The molecule has 0 aromatic heterocycles. The van der Waals surface area contributed by atoms with Crippen molar-refractivity contribution in [3.8, 4) is 0 Å². The zero-order chi connectivity index (χ0) is 10.6. The zero-order valence-corrected chi connectivity index (χ0v) is 7.68. The Bertz CT molecular complexity index is 312. The third-order valence-electron chi connectivity index (χ3n) is 1.98. The molecule has 1 aromatic carbocycles. The van der Waals surface area contributed by atoms with Crippen molar-refractivity contribution >= 4 is 18.9 Å². The van der Waals surface area contributed by atoms with Crippen molar-refractivity contribution in [1.82, 2.24) is 0 Å². The summed E-state index contributed by atoms with van der Waals surface area (Å²) in [5.41, 5.74) is 7.03. The van der Waals surface area contributed by atoms with Crippen molar-refractivity contribution in [3.05, 3.63) is 29.8 Å². The molecule has 0 spiro atoms. The normalized spacial score (nSPS) is 12.1. The molecular weight excluding hydrogens is 181 g/mol. The van der Waals surface area contributed by atoms with Gasteiger partial charge in [-0.15, -0.1) is 0 Å². The van der Waals surface area contributed by atoms with Gasteiger partial charge in [0.05, 0.1) is 0 Å². The second-order valence-electron chi connectivity index (χ2n) is 3.12. The van der Waals surface area contributed by atoms with Gasteiger partial charge in [-0.3, -0.25) is 4.79 Å². The average Bonchev–Trinajstić information content (AvgIpc) is 2.19. The van der Waals surface area contributed by atoms with Crippen molar-refractivity contribution in [2.75, 3.05) is 0 Å². The van der Waals surface area contributed by atoms with Crippen molar-refractivity contribution in [1.29, 1.82) is 0 Å². The fourth-order valence-corrected chi connectivity index (χ4v) is 1.12. The quantitative estimate of drug-likeness (QED) is 0.514. The van der Waals surface area contributed by atoms with Crippen molar-refractivity contribution in [2.24, 2.45) is 5.73 Å². The van der Waals surface area contributed by atoms with E-state index < -0.39 is 12.0 Å². The lowest BCUT2D eigenvalue weighted by atomic mass is 9.88. The monoisotopic (exact) mass is 193 g/mol. The Morgan fingerprint density at radius 3 is 2.43 bits per heavy atom. The molecule has 1 aromatic rings. The van der Waals surface area contributed by atoms with E-state index in [1.54, 1.807) is 24.3 Å². The van der Waals surface area contributed by atoms with E-state index in [1.165, 1.54) is 0 Å². The van der Waals surface area contributed by atoms with Gasteiger partial charge in [0.15, 0.2) is 0 Å². The second kappa shape index (κ2) is 4.78. The van der Waals surface area contributed by atoms with Gasteiger partial charge in [-0.2, -0.15) is 0 Å². The molecule has 5 heteroatoms. The summed E-state index contributed by atoms with van der Waals surface area (Å²) in [5.74, 6) is -1.00. The first-order valence-electron chi connectivity index (χ1n) is 4.30. The van der Waals surface area contributed by atoms with Gasteiger partial charge < -0.3 is 15.9 Å². The summed E-state index contributed by atoms with van der Waals surface area (Å²) in [6, 6.07) is 6.19. The number of carboxylic acid groups (broad SMARTS) is 1. The fraction of sp³-hybridized carbons (Fsp3) is 0.222. The number of hydrogen-bond acceptors (Lipinski definition) is 3. The number of hydrogen-bond donors (Lipinski definition) is 3. The van der Waals surface area contributed by atoms with Crippen LogP contribution in [0, 0.1) is 0 Å². The number of carboxylic acids is 1. The molecule has 0 radical (unpaired) electrons. The lowest BCUT2D eigenvalue weighted by molar-refractivity contribution is -0.138. The van der Waals surface area contributed by atoms with E-state index in [2.05, 4.69) is 0 Å². The molecule has 74 valence electrons. The molecule has 0 saturated heterocycles. The third-order valence-corrected chi connectivity index (χ3v) is 1.98. The number of rotatable bonds is 4. The molecule has 0 aliphatic carbocycles. The maximum absolute atomic E-state index is 10.5. The van der Waals surface area contributed by atoms with E-state index in [0.29, 0.717) is 6.42 Å². The number of aliphatic carboxylic acids is 1. The first-order valence-corrected chi connectivity index (χ1v) is 4.30. The minimum atomic E-state index is -1.00. The van der Waals surface area contributed by atoms with Crippen LogP contribution in [0.25, 0.3) is 0 Å². The maximum Gasteiger partial charge on any atom is 0.320 e. The minimum absolute atomic E-state index is 0.00867. The molecule has 0 unspecified atom stereocenters. The Morgan fingerprint density at radius 2 is 2.00 bits per heavy atom. The standard InChI is InChI=1S/C9H12BNO3/c11-8(9(12)13)5-6-1-3-7(10-14)4-2-6/h1-4,8,10,14H,5,11H2,(H,12,13)/t8-/m0/s1. The summed E-state index contributed by atoms with van der Waals surface area (Å²) in [4.78, 5) is 10.5. The van der Waals surface area contributed by atoms with Crippen molar-refractivity contribution in [2.45, 2.75) is 12.5 Å². The smallest absolute Gasteiger partial charge is 0.320 e. The van der Waals surface area contributed by atoms with Crippen LogP contribution >= 0.6 is 0 Å². The first kappa shape index (κ1) is 10.8. The Balaban J connectivity index is 2.64. The SMILES string of the molecule is N[C@@H](Cc1ccc(BO)cc1)C(=O)O. The van der Waals surface area contributed by atoms with Crippen LogP contribution in [0.15, 0.2) is 24.3 Å². The largest absolute Gasteiger partial charge is 0.480 e. The molecule has 1 atom stereocenters. The fourth-order valence-electron chi connectivity index (χ4n) is 1.12. The van der Waals surface area contributed by atoms with Gasteiger partial charge in [0, 0.05) is 0 Å². The molecule has 0 aliphatic heterocycles. The molecule has 1 rings (SSSR count). The molecule has 0 saturated carbocycles. The average molecular weight is 193 g/mol. The van der Waals surface area contributed by atoms with Crippen LogP contribution in [-0.2, 0) is 11.2 Å². The molecule has 0 amide bonds. The zero-order valence-electron chi connectivity index (χ0n) is 7.68. The van der Waals surface area contributed by atoms with Crippen LogP contribution in [0.3, 0.4) is 0 Å². The highest BCUT2D eigenvalue weighted by Crippen LogP contribution is 2.00. The number of nitrogens with two attached hydrogens (primary N) is 1. The highest BCUT2D eigenvalue weighted by atomic mass is 16.4. The Hall–Kier alpha value is -1.33. The first-order chi connectivity index (χ1) is 6.63. The third kappa shape index (κ3) is 2.87. The van der Waals surface area contributed by atoms with E-state index in [-0.39, 0.29) is 7.48 Å². The Labute approximate surface area is 82.6 Å². The Kier molecular flexibility index (Phi) is 3.68. The van der Waals surface area contributed by atoms with Gasteiger partial charge in [-0.1, -0.05) is 29.7 Å². The lowest BCUT2D eigenvalue weighted by Crippen LogP contribution is -2.32. The number of benzene rings is 1. The van der Waals surface area contributed by atoms with E-state index >= 15 is 0 Å². The lowest BCUT2D eigenvalue weighted by Gasteiger charge is -2.06. The molecule has 0 heterocycles. The maximum atomic E-state index is 10.5. The predicted octanol–water partition coefficient (Wildman–Crippen LogP) is -1.39.